The maximum absolute atomic E-state index is 5.73. The van der Waals surface area contributed by atoms with E-state index in [1.807, 2.05) is 24.3 Å². The van der Waals surface area contributed by atoms with Gasteiger partial charge in [-0.2, -0.15) is 0 Å². The molecule has 1 aromatic heterocycles. The molecule has 16 heavy (non-hydrogen) atoms. The molecule has 1 aromatic carbocycles. The van der Waals surface area contributed by atoms with Gasteiger partial charge in [-0.15, -0.1) is 10.2 Å². The van der Waals surface area contributed by atoms with Crippen LogP contribution in [0, 0.1) is 0 Å². The normalized spacial score (nSPS) is 18.1. The standard InChI is InChI=1S/C10H11N5O/c11-10-14-13-9(15(10)12)8-5-6-3-1-2-4-7(6)16-8/h1-4,8H,5,12H2,(H2,11,14). The van der Waals surface area contributed by atoms with E-state index in [4.69, 9.17) is 16.3 Å². The SMILES string of the molecule is Nc1nnc(C2Cc3ccccc3O2)n1N. The zero-order valence-electron chi connectivity index (χ0n) is 8.50. The lowest BCUT2D eigenvalue weighted by Gasteiger charge is -2.08. The summed E-state index contributed by atoms with van der Waals surface area (Å²) in [4.78, 5) is 0. The summed E-state index contributed by atoms with van der Waals surface area (Å²) < 4.78 is 6.99. The number of ether oxygens (including phenoxy) is 1. The molecule has 0 saturated carbocycles. The fourth-order valence-corrected chi connectivity index (χ4v) is 1.86. The minimum Gasteiger partial charge on any atom is -0.482 e. The van der Waals surface area contributed by atoms with Gasteiger partial charge >= 0.3 is 0 Å². The molecule has 1 atom stereocenters. The minimum absolute atomic E-state index is 0.189. The van der Waals surface area contributed by atoms with Crippen LogP contribution in [0.1, 0.15) is 17.5 Å². The number of nitrogen functional groups attached to an aromatic ring is 2. The zero-order valence-corrected chi connectivity index (χ0v) is 8.50. The van der Waals surface area contributed by atoms with Crippen molar-refractivity contribution in [3.05, 3.63) is 35.7 Å². The number of para-hydroxylation sites is 1. The number of nitrogens with zero attached hydrogens (tertiary/aromatic N) is 3. The van der Waals surface area contributed by atoms with Crippen molar-refractivity contribution < 1.29 is 4.74 Å². The molecular weight excluding hydrogens is 206 g/mol. The molecule has 4 N–H and O–H groups in total. The van der Waals surface area contributed by atoms with E-state index in [2.05, 4.69) is 10.2 Å². The van der Waals surface area contributed by atoms with E-state index >= 15 is 0 Å². The van der Waals surface area contributed by atoms with Crippen LogP contribution < -0.4 is 16.3 Å². The third-order valence-corrected chi connectivity index (χ3v) is 2.68. The molecule has 6 nitrogen and oxygen atoms in total. The first kappa shape index (κ1) is 9.02. The molecule has 82 valence electrons. The number of rotatable bonds is 1. The molecule has 1 aliphatic rings. The van der Waals surface area contributed by atoms with Gasteiger partial charge in [0.1, 0.15) is 5.75 Å². The lowest BCUT2D eigenvalue weighted by atomic mass is 10.1. The third-order valence-electron chi connectivity index (χ3n) is 2.68. The monoisotopic (exact) mass is 217 g/mol. The molecule has 2 aromatic rings. The molecule has 0 radical (unpaired) electrons. The number of hydrogen-bond donors (Lipinski definition) is 2. The van der Waals surface area contributed by atoms with E-state index in [-0.39, 0.29) is 12.1 Å². The first-order valence-electron chi connectivity index (χ1n) is 4.96. The largest absolute Gasteiger partial charge is 0.482 e. The van der Waals surface area contributed by atoms with Gasteiger partial charge in [-0.3, -0.25) is 0 Å². The first-order chi connectivity index (χ1) is 7.75. The Hall–Kier alpha value is -2.24. The van der Waals surface area contributed by atoms with Crippen molar-refractivity contribution in [1.82, 2.24) is 14.9 Å². The van der Waals surface area contributed by atoms with Crippen molar-refractivity contribution in [2.45, 2.75) is 12.5 Å². The lowest BCUT2D eigenvalue weighted by molar-refractivity contribution is 0.224. The van der Waals surface area contributed by atoms with Crippen LogP contribution >= 0.6 is 0 Å². The van der Waals surface area contributed by atoms with Crippen molar-refractivity contribution in [1.29, 1.82) is 0 Å². The van der Waals surface area contributed by atoms with Crippen molar-refractivity contribution in [3.63, 3.8) is 0 Å². The Bertz CT molecular complexity index is 511. The number of fused-ring (bicyclic) bond motifs is 1. The lowest BCUT2D eigenvalue weighted by Crippen LogP contribution is -2.19. The Balaban J connectivity index is 1.94. The van der Waals surface area contributed by atoms with Crippen LogP contribution in [0.4, 0.5) is 5.95 Å². The summed E-state index contributed by atoms with van der Waals surface area (Å²) in [6, 6.07) is 7.86. The topological polar surface area (TPSA) is 92.0 Å². The van der Waals surface area contributed by atoms with Crippen LogP contribution in [0.2, 0.25) is 0 Å². The number of benzene rings is 1. The van der Waals surface area contributed by atoms with E-state index in [0.717, 1.165) is 17.7 Å². The van der Waals surface area contributed by atoms with Crippen molar-refractivity contribution in [2.75, 3.05) is 11.6 Å². The van der Waals surface area contributed by atoms with Crippen LogP contribution in [-0.2, 0) is 6.42 Å². The molecule has 2 heterocycles. The highest BCUT2D eigenvalue weighted by atomic mass is 16.5. The fourth-order valence-electron chi connectivity index (χ4n) is 1.86. The third kappa shape index (κ3) is 1.19. The van der Waals surface area contributed by atoms with E-state index in [1.54, 1.807) is 0 Å². The Morgan fingerprint density at radius 3 is 2.81 bits per heavy atom. The smallest absolute Gasteiger partial charge is 0.240 e. The molecule has 0 fully saturated rings. The highest BCUT2D eigenvalue weighted by molar-refractivity contribution is 5.38. The second kappa shape index (κ2) is 3.13. The average Bonchev–Trinajstić information content (AvgIpc) is 2.84. The summed E-state index contributed by atoms with van der Waals surface area (Å²) in [5.41, 5.74) is 6.67. The minimum atomic E-state index is -0.202. The number of nitrogens with two attached hydrogens (primary N) is 2. The molecule has 1 aliphatic heterocycles. The predicted octanol–water partition coefficient (Wildman–Crippen LogP) is 0.250. The molecule has 0 saturated heterocycles. The molecule has 0 amide bonds. The van der Waals surface area contributed by atoms with Gasteiger partial charge in [0, 0.05) is 6.42 Å². The van der Waals surface area contributed by atoms with Crippen molar-refractivity contribution in [3.8, 4) is 5.75 Å². The van der Waals surface area contributed by atoms with Gasteiger partial charge in [0.05, 0.1) is 0 Å². The highest BCUT2D eigenvalue weighted by Gasteiger charge is 2.28. The van der Waals surface area contributed by atoms with Crippen LogP contribution in [0.25, 0.3) is 0 Å². The maximum atomic E-state index is 5.73. The van der Waals surface area contributed by atoms with Gasteiger partial charge in [-0.1, -0.05) is 18.2 Å². The quantitative estimate of drug-likeness (QED) is 0.668. The molecule has 6 heteroatoms. The Morgan fingerprint density at radius 2 is 2.12 bits per heavy atom. The van der Waals surface area contributed by atoms with Crippen molar-refractivity contribution in [2.24, 2.45) is 0 Å². The number of aromatic nitrogens is 3. The number of hydrogen-bond acceptors (Lipinski definition) is 5. The van der Waals surface area contributed by atoms with Gasteiger partial charge in [-0.25, -0.2) is 4.68 Å². The summed E-state index contributed by atoms with van der Waals surface area (Å²) >= 11 is 0. The Kier molecular flexibility index (Phi) is 1.76. The Labute approximate surface area is 91.8 Å². The van der Waals surface area contributed by atoms with Crippen LogP contribution in [0.3, 0.4) is 0 Å². The van der Waals surface area contributed by atoms with Gasteiger partial charge in [-0.05, 0) is 11.6 Å². The second-order valence-corrected chi connectivity index (χ2v) is 3.70. The molecule has 3 rings (SSSR count). The average molecular weight is 217 g/mol. The number of anilines is 1. The molecular formula is C10H11N5O. The summed E-state index contributed by atoms with van der Waals surface area (Å²) in [5.74, 6) is 7.31. The van der Waals surface area contributed by atoms with Gasteiger partial charge in [0.15, 0.2) is 11.9 Å². The summed E-state index contributed by atoms with van der Waals surface area (Å²) in [5, 5.41) is 7.63. The van der Waals surface area contributed by atoms with Crippen LogP contribution in [-0.4, -0.2) is 14.9 Å². The maximum Gasteiger partial charge on any atom is 0.240 e. The van der Waals surface area contributed by atoms with E-state index < -0.39 is 0 Å². The van der Waals surface area contributed by atoms with Crippen LogP contribution in [0.5, 0.6) is 5.75 Å². The predicted molar refractivity (Wildman–Crippen MR) is 58.1 cm³/mol. The van der Waals surface area contributed by atoms with Gasteiger partial charge < -0.3 is 16.3 Å². The fraction of sp³-hybridized carbons (Fsp3) is 0.200. The van der Waals surface area contributed by atoms with Crippen molar-refractivity contribution >= 4 is 5.95 Å². The highest BCUT2D eigenvalue weighted by Crippen LogP contribution is 2.35. The van der Waals surface area contributed by atoms with Gasteiger partial charge in [0.2, 0.25) is 5.95 Å². The first-order valence-corrected chi connectivity index (χ1v) is 4.96. The van der Waals surface area contributed by atoms with E-state index in [9.17, 15) is 0 Å². The summed E-state index contributed by atoms with van der Waals surface area (Å²) in [6.07, 6.45) is 0.540. The van der Waals surface area contributed by atoms with Crippen LogP contribution in [0.15, 0.2) is 24.3 Å². The van der Waals surface area contributed by atoms with E-state index in [0.29, 0.717) is 5.82 Å². The molecule has 1 unspecified atom stereocenters. The molecule has 0 bridgehead atoms. The summed E-state index contributed by atoms with van der Waals surface area (Å²) in [6.45, 7) is 0. The van der Waals surface area contributed by atoms with Gasteiger partial charge in [0.25, 0.3) is 0 Å². The second-order valence-electron chi connectivity index (χ2n) is 3.70. The summed E-state index contributed by atoms with van der Waals surface area (Å²) in [7, 11) is 0. The Morgan fingerprint density at radius 1 is 1.31 bits per heavy atom. The molecule has 0 spiro atoms. The molecule has 0 aliphatic carbocycles. The zero-order chi connectivity index (χ0) is 11.1. The van der Waals surface area contributed by atoms with E-state index in [1.165, 1.54) is 4.68 Å².